The lowest BCUT2D eigenvalue weighted by Crippen LogP contribution is -2.13. The Hall–Kier alpha value is -1.92. The van der Waals surface area contributed by atoms with Crippen LogP contribution in [0, 0.1) is 13.8 Å². The zero-order valence-electron chi connectivity index (χ0n) is 11.6. The molecule has 0 spiro atoms. The predicted molar refractivity (Wildman–Crippen MR) is 86.3 cm³/mol. The van der Waals surface area contributed by atoms with Gasteiger partial charge in [-0.15, -0.1) is 11.3 Å². The summed E-state index contributed by atoms with van der Waals surface area (Å²) in [6.45, 7) is 3.78. The summed E-state index contributed by atoms with van der Waals surface area (Å²) in [5, 5.41) is 2.00. The van der Waals surface area contributed by atoms with Gasteiger partial charge in [0.1, 0.15) is 0 Å². The minimum absolute atomic E-state index is 0.270. The van der Waals surface area contributed by atoms with E-state index >= 15 is 0 Å². The largest absolute Gasteiger partial charge is 0.264 e. The van der Waals surface area contributed by atoms with Gasteiger partial charge in [-0.1, -0.05) is 36.4 Å². The second-order valence-electron chi connectivity index (χ2n) is 4.74. The molecule has 21 heavy (non-hydrogen) atoms. The van der Waals surface area contributed by atoms with Crippen LogP contribution in [0.3, 0.4) is 0 Å². The van der Waals surface area contributed by atoms with Crippen molar-refractivity contribution in [3.63, 3.8) is 0 Å². The summed E-state index contributed by atoms with van der Waals surface area (Å²) in [6, 6.07) is 12.7. The normalized spacial score (nSPS) is 11.7. The van der Waals surface area contributed by atoms with Crippen LogP contribution in [0.4, 0.5) is 5.13 Å². The summed E-state index contributed by atoms with van der Waals surface area (Å²) < 4.78 is 27.8. The predicted octanol–water partition coefficient (Wildman–Crippen LogP) is 3.71. The number of benzene rings is 2. The lowest BCUT2D eigenvalue weighted by molar-refractivity contribution is 0.602. The first-order valence-electron chi connectivity index (χ1n) is 6.42. The molecule has 108 valence electrons. The number of nitrogens with zero attached hydrogens (tertiary/aromatic N) is 1. The van der Waals surface area contributed by atoms with E-state index in [1.807, 2.05) is 44.2 Å². The highest BCUT2D eigenvalue weighted by molar-refractivity contribution is 7.93. The maximum absolute atomic E-state index is 12.6. The molecule has 4 nitrogen and oxygen atoms in total. The first-order chi connectivity index (χ1) is 9.97. The van der Waals surface area contributed by atoms with Crippen molar-refractivity contribution in [1.29, 1.82) is 0 Å². The van der Waals surface area contributed by atoms with Crippen LogP contribution in [0.2, 0.25) is 0 Å². The van der Waals surface area contributed by atoms with E-state index in [1.54, 1.807) is 12.1 Å². The molecule has 3 aromatic rings. The average molecular weight is 318 g/mol. The second-order valence-corrected chi connectivity index (χ2v) is 7.60. The Morgan fingerprint density at radius 1 is 1.05 bits per heavy atom. The molecule has 0 unspecified atom stereocenters. The smallest absolute Gasteiger partial charge is 0.255 e. The Balaban J connectivity index is 2.08. The van der Waals surface area contributed by atoms with Crippen LogP contribution < -0.4 is 4.72 Å². The molecule has 0 fully saturated rings. The summed E-state index contributed by atoms with van der Waals surface area (Å²) in [4.78, 5) is 5.50. The Morgan fingerprint density at radius 3 is 2.48 bits per heavy atom. The third-order valence-electron chi connectivity index (χ3n) is 3.29. The van der Waals surface area contributed by atoms with Crippen molar-refractivity contribution in [2.45, 2.75) is 18.7 Å². The monoisotopic (exact) mass is 318 g/mol. The third-order valence-corrected chi connectivity index (χ3v) is 5.80. The standard InChI is InChI=1S/C15H14N2O2S2/c1-10-11(2)20-15(16-10)17-21(18,19)14-9-5-7-12-6-3-4-8-13(12)14/h3-9H,1-2H3,(H,16,17). The molecule has 0 atom stereocenters. The molecule has 1 N–H and O–H groups in total. The molecule has 0 bridgehead atoms. The molecule has 1 aromatic heterocycles. The van der Waals surface area contributed by atoms with Crippen LogP contribution >= 0.6 is 11.3 Å². The van der Waals surface area contributed by atoms with Crippen LogP contribution in [0.25, 0.3) is 10.8 Å². The number of thiazole rings is 1. The summed E-state index contributed by atoms with van der Waals surface area (Å²) in [6.07, 6.45) is 0. The fourth-order valence-electron chi connectivity index (χ4n) is 2.12. The average Bonchev–Trinajstić information content (AvgIpc) is 2.75. The second kappa shape index (κ2) is 5.13. The van der Waals surface area contributed by atoms with Gasteiger partial charge in [-0.2, -0.15) is 0 Å². The fraction of sp³-hybridized carbons (Fsp3) is 0.133. The number of nitrogens with one attached hydrogen (secondary N) is 1. The van der Waals surface area contributed by atoms with Gasteiger partial charge in [0, 0.05) is 10.3 Å². The van der Waals surface area contributed by atoms with Gasteiger partial charge in [0.15, 0.2) is 5.13 Å². The van der Waals surface area contributed by atoms with Gasteiger partial charge < -0.3 is 0 Å². The lowest BCUT2D eigenvalue weighted by atomic mass is 10.1. The molecule has 0 radical (unpaired) electrons. The van der Waals surface area contributed by atoms with E-state index in [0.29, 0.717) is 10.5 Å². The molecule has 0 amide bonds. The third kappa shape index (κ3) is 2.64. The molecular weight excluding hydrogens is 304 g/mol. The lowest BCUT2D eigenvalue weighted by Gasteiger charge is -2.08. The SMILES string of the molecule is Cc1nc(NS(=O)(=O)c2cccc3ccccc23)sc1C. The van der Waals surface area contributed by atoms with E-state index in [-0.39, 0.29) is 4.90 Å². The molecule has 0 aliphatic rings. The molecule has 0 aliphatic carbocycles. The van der Waals surface area contributed by atoms with Gasteiger partial charge >= 0.3 is 0 Å². The molecule has 0 aliphatic heterocycles. The van der Waals surface area contributed by atoms with Crippen molar-refractivity contribution in [2.75, 3.05) is 4.72 Å². The first-order valence-corrected chi connectivity index (χ1v) is 8.72. The molecule has 0 saturated heterocycles. The molecule has 6 heteroatoms. The Morgan fingerprint density at radius 2 is 1.76 bits per heavy atom. The zero-order chi connectivity index (χ0) is 15.0. The van der Waals surface area contributed by atoms with Crippen molar-refractivity contribution in [3.8, 4) is 0 Å². The van der Waals surface area contributed by atoms with Gasteiger partial charge in [-0.05, 0) is 25.3 Å². The number of hydrogen-bond donors (Lipinski definition) is 1. The quantitative estimate of drug-likeness (QED) is 0.801. The van der Waals surface area contributed by atoms with Gasteiger partial charge in [0.25, 0.3) is 10.0 Å². The van der Waals surface area contributed by atoms with E-state index in [1.165, 1.54) is 11.3 Å². The number of hydrogen-bond acceptors (Lipinski definition) is 4. The van der Waals surface area contributed by atoms with E-state index < -0.39 is 10.0 Å². The van der Waals surface area contributed by atoms with Gasteiger partial charge in [0.05, 0.1) is 10.6 Å². The molecule has 2 aromatic carbocycles. The zero-order valence-corrected chi connectivity index (χ0v) is 13.3. The number of aryl methyl sites for hydroxylation is 2. The fourth-order valence-corrected chi connectivity index (χ4v) is 4.40. The van der Waals surface area contributed by atoms with Gasteiger partial charge in [0.2, 0.25) is 0 Å². The van der Waals surface area contributed by atoms with Crippen LogP contribution in [-0.4, -0.2) is 13.4 Å². The topological polar surface area (TPSA) is 59.1 Å². The maximum Gasteiger partial charge on any atom is 0.264 e. The van der Waals surface area contributed by atoms with Crippen molar-refractivity contribution in [2.24, 2.45) is 0 Å². The number of fused-ring (bicyclic) bond motifs is 1. The Kier molecular flexibility index (Phi) is 3.43. The van der Waals surface area contributed by atoms with E-state index in [4.69, 9.17) is 0 Å². The Labute approximate surface area is 127 Å². The molecule has 3 rings (SSSR count). The van der Waals surface area contributed by atoms with Crippen LogP contribution in [0.1, 0.15) is 10.6 Å². The Bertz CT molecular complexity index is 890. The van der Waals surface area contributed by atoms with Crippen molar-refractivity contribution >= 4 is 37.3 Å². The number of rotatable bonds is 3. The summed E-state index contributed by atoms with van der Waals surface area (Å²) in [7, 11) is -3.65. The van der Waals surface area contributed by atoms with Crippen LogP contribution in [0.15, 0.2) is 47.4 Å². The highest BCUT2D eigenvalue weighted by Gasteiger charge is 2.19. The van der Waals surface area contributed by atoms with E-state index in [2.05, 4.69) is 9.71 Å². The van der Waals surface area contributed by atoms with E-state index in [0.717, 1.165) is 16.0 Å². The van der Waals surface area contributed by atoms with Crippen molar-refractivity contribution < 1.29 is 8.42 Å². The minimum atomic E-state index is -3.65. The summed E-state index contributed by atoms with van der Waals surface area (Å²) in [5.41, 5.74) is 0.843. The molecule has 0 saturated carbocycles. The van der Waals surface area contributed by atoms with Crippen molar-refractivity contribution in [3.05, 3.63) is 53.0 Å². The summed E-state index contributed by atoms with van der Waals surface area (Å²) in [5.74, 6) is 0. The highest BCUT2D eigenvalue weighted by atomic mass is 32.2. The van der Waals surface area contributed by atoms with Gasteiger partial charge in [-0.3, -0.25) is 4.72 Å². The van der Waals surface area contributed by atoms with Crippen LogP contribution in [-0.2, 0) is 10.0 Å². The highest BCUT2D eigenvalue weighted by Crippen LogP contribution is 2.27. The van der Waals surface area contributed by atoms with Crippen LogP contribution in [0.5, 0.6) is 0 Å². The number of anilines is 1. The molecular formula is C15H14N2O2S2. The maximum atomic E-state index is 12.6. The summed E-state index contributed by atoms with van der Waals surface area (Å²) >= 11 is 1.34. The number of aromatic nitrogens is 1. The van der Waals surface area contributed by atoms with Crippen molar-refractivity contribution in [1.82, 2.24) is 4.98 Å². The van der Waals surface area contributed by atoms with Gasteiger partial charge in [-0.25, -0.2) is 13.4 Å². The molecule has 1 heterocycles. The number of sulfonamides is 1. The van der Waals surface area contributed by atoms with E-state index in [9.17, 15) is 8.42 Å². The first kappa shape index (κ1) is 14.0. The minimum Gasteiger partial charge on any atom is -0.255 e.